The number of allylic oxidation sites excluding steroid dienone is 1. The highest BCUT2D eigenvalue weighted by atomic mass is 127. The minimum absolute atomic E-state index is 0.0726. The molecule has 0 aliphatic carbocycles. The second-order valence-electron chi connectivity index (χ2n) is 3.39. The van der Waals surface area contributed by atoms with Crippen LogP contribution in [0.2, 0.25) is 0 Å². The lowest BCUT2D eigenvalue weighted by molar-refractivity contribution is -0.135. The third-order valence-corrected chi connectivity index (χ3v) is 4.62. The molecule has 1 aromatic rings. The quantitative estimate of drug-likeness (QED) is 0.343. The van der Waals surface area contributed by atoms with Crippen LogP contribution in [0.1, 0.15) is 22.2 Å². The smallest absolute Gasteiger partial charge is 0.348 e. The van der Waals surface area contributed by atoms with Crippen LogP contribution in [0.15, 0.2) is 11.6 Å². The lowest BCUT2D eigenvalue weighted by Crippen LogP contribution is -2.04. The zero-order valence-corrected chi connectivity index (χ0v) is 13.4. The van der Waals surface area contributed by atoms with Gasteiger partial charge in [0.1, 0.15) is 11.6 Å². The fourth-order valence-electron chi connectivity index (χ4n) is 1.31. The Morgan fingerprint density at radius 3 is 2.47 bits per heavy atom. The summed E-state index contributed by atoms with van der Waals surface area (Å²) >= 11 is 3.32. The van der Waals surface area contributed by atoms with Crippen molar-refractivity contribution >= 4 is 51.4 Å². The van der Waals surface area contributed by atoms with Gasteiger partial charge in [0, 0.05) is 4.88 Å². The topological polar surface area (TPSA) is 76.4 Å². The average Bonchev–Trinajstić information content (AvgIpc) is 2.80. The fourth-order valence-corrected chi connectivity index (χ4v) is 3.28. The number of rotatable bonds is 3. The Hall–Kier alpha value is -1.40. The van der Waals surface area contributed by atoms with Crippen LogP contribution in [-0.4, -0.2) is 26.2 Å². The highest BCUT2D eigenvalue weighted by Crippen LogP contribution is 2.31. The van der Waals surface area contributed by atoms with E-state index in [1.807, 2.05) is 28.7 Å². The summed E-state index contributed by atoms with van der Waals surface area (Å²) in [5.74, 6) is -1.14. The van der Waals surface area contributed by atoms with Gasteiger partial charge in [-0.1, -0.05) is 0 Å². The van der Waals surface area contributed by atoms with Gasteiger partial charge in [-0.05, 0) is 41.2 Å². The molecule has 0 radical (unpaired) electrons. The number of halogens is 1. The van der Waals surface area contributed by atoms with Crippen molar-refractivity contribution in [3.63, 3.8) is 0 Å². The third-order valence-electron chi connectivity index (χ3n) is 2.34. The van der Waals surface area contributed by atoms with Crippen LogP contribution in [0.3, 0.4) is 0 Å². The van der Waals surface area contributed by atoms with Crippen LogP contribution >= 0.6 is 33.9 Å². The molecular formula is C12H10INO4S. The summed E-state index contributed by atoms with van der Waals surface area (Å²) < 4.78 is 9.94. The van der Waals surface area contributed by atoms with Crippen LogP contribution in [0.4, 0.5) is 0 Å². The molecule has 0 aliphatic heterocycles. The van der Waals surface area contributed by atoms with Crippen molar-refractivity contribution in [1.82, 2.24) is 0 Å². The first-order valence-electron chi connectivity index (χ1n) is 5.03. The van der Waals surface area contributed by atoms with E-state index in [4.69, 9.17) is 5.26 Å². The Kier molecular flexibility index (Phi) is 5.50. The van der Waals surface area contributed by atoms with E-state index in [1.54, 1.807) is 13.0 Å². The number of hydrogen-bond donors (Lipinski definition) is 0. The molecule has 0 spiro atoms. The van der Waals surface area contributed by atoms with Crippen molar-refractivity contribution < 1.29 is 19.1 Å². The zero-order valence-electron chi connectivity index (χ0n) is 10.4. The van der Waals surface area contributed by atoms with E-state index >= 15 is 0 Å². The van der Waals surface area contributed by atoms with Gasteiger partial charge in [0.25, 0.3) is 0 Å². The van der Waals surface area contributed by atoms with Crippen molar-refractivity contribution in [2.45, 2.75) is 6.92 Å². The Bertz CT molecular complexity index is 597. The number of nitriles is 1. The number of esters is 2. The third kappa shape index (κ3) is 3.33. The second-order valence-corrected chi connectivity index (χ2v) is 6.26. The molecule has 0 unspecified atom stereocenters. The first-order valence-corrected chi connectivity index (χ1v) is 6.93. The number of ether oxygens (including phenoxy) is 2. The number of carbonyl (C=O) groups is 2. The Balaban J connectivity index is 3.31. The number of carbonyl (C=O) groups excluding carboxylic acids is 2. The summed E-state index contributed by atoms with van der Waals surface area (Å²) in [5, 5.41) is 8.99. The first kappa shape index (κ1) is 15.7. The largest absolute Gasteiger partial charge is 0.465 e. The van der Waals surface area contributed by atoms with E-state index in [1.165, 1.54) is 25.6 Å². The van der Waals surface area contributed by atoms with Gasteiger partial charge in [-0.3, -0.25) is 0 Å². The summed E-state index contributed by atoms with van der Waals surface area (Å²) in [6.45, 7) is 1.64. The summed E-state index contributed by atoms with van der Waals surface area (Å²) in [5.41, 5.74) is 0.827. The van der Waals surface area contributed by atoms with Crippen molar-refractivity contribution in [2.24, 2.45) is 0 Å². The molecular weight excluding hydrogens is 381 g/mol. The maximum Gasteiger partial charge on any atom is 0.348 e. The average molecular weight is 391 g/mol. The van der Waals surface area contributed by atoms with Gasteiger partial charge >= 0.3 is 11.9 Å². The predicted octanol–water partition coefficient (Wildman–Crippen LogP) is 2.61. The fraction of sp³-hybridized carbons (Fsp3) is 0.250. The van der Waals surface area contributed by atoms with E-state index in [9.17, 15) is 9.59 Å². The van der Waals surface area contributed by atoms with Gasteiger partial charge in [0.15, 0.2) is 0 Å². The summed E-state index contributed by atoms with van der Waals surface area (Å²) in [7, 11) is 2.51. The van der Waals surface area contributed by atoms with Gasteiger partial charge in [0.05, 0.1) is 22.7 Å². The molecule has 0 N–H and O–H groups in total. The summed E-state index contributed by atoms with van der Waals surface area (Å²) in [4.78, 5) is 23.6. The minimum Gasteiger partial charge on any atom is -0.465 e. The van der Waals surface area contributed by atoms with Crippen LogP contribution < -0.4 is 0 Å². The van der Waals surface area contributed by atoms with Crippen molar-refractivity contribution in [1.29, 1.82) is 5.26 Å². The van der Waals surface area contributed by atoms with Crippen molar-refractivity contribution in [3.05, 3.63) is 25.0 Å². The molecule has 0 bridgehead atoms. The Morgan fingerprint density at radius 2 is 2.00 bits per heavy atom. The minimum atomic E-state index is -0.692. The molecule has 0 aromatic carbocycles. The van der Waals surface area contributed by atoms with Crippen LogP contribution in [0.25, 0.3) is 5.57 Å². The zero-order chi connectivity index (χ0) is 14.6. The lowest BCUT2D eigenvalue weighted by atomic mass is 10.1. The first-order chi connectivity index (χ1) is 8.96. The number of methoxy groups -OCH3 is 2. The second kappa shape index (κ2) is 6.68. The molecule has 0 saturated heterocycles. The molecule has 0 saturated carbocycles. The van der Waals surface area contributed by atoms with Gasteiger partial charge < -0.3 is 9.47 Å². The van der Waals surface area contributed by atoms with Crippen LogP contribution in [-0.2, 0) is 14.3 Å². The molecule has 1 heterocycles. The number of nitrogens with zero attached hydrogens (tertiary/aromatic N) is 1. The summed E-state index contributed by atoms with van der Waals surface area (Å²) in [6, 6.07) is 3.42. The van der Waals surface area contributed by atoms with Crippen LogP contribution in [0.5, 0.6) is 0 Å². The molecule has 0 amide bonds. The molecule has 19 heavy (non-hydrogen) atoms. The highest BCUT2D eigenvalue weighted by molar-refractivity contribution is 14.1. The maximum atomic E-state index is 11.5. The maximum absolute atomic E-state index is 11.5. The normalized spacial score (nSPS) is 11.3. The Morgan fingerprint density at radius 1 is 1.37 bits per heavy atom. The molecule has 0 fully saturated rings. The van der Waals surface area contributed by atoms with E-state index in [-0.39, 0.29) is 5.57 Å². The van der Waals surface area contributed by atoms with E-state index in [0.29, 0.717) is 16.0 Å². The predicted molar refractivity (Wildman–Crippen MR) is 78.6 cm³/mol. The van der Waals surface area contributed by atoms with Crippen molar-refractivity contribution in [3.8, 4) is 6.07 Å². The standard InChI is InChI=1S/C12H10INO4S/c1-6(8(5-14)12(16)18-3)9-4-7(10(13)19-9)11(15)17-2/h4H,1-3H3/b8-6+. The Labute approximate surface area is 128 Å². The number of hydrogen-bond acceptors (Lipinski definition) is 6. The molecule has 1 aromatic heterocycles. The molecule has 5 nitrogen and oxygen atoms in total. The van der Waals surface area contributed by atoms with E-state index in [0.717, 1.165) is 2.88 Å². The van der Waals surface area contributed by atoms with Crippen molar-refractivity contribution in [2.75, 3.05) is 14.2 Å². The van der Waals surface area contributed by atoms with Gasteiger partial charge in [0.2, 0.25) is 0 Å². The molecule has 100 valence electrons. The summed E-state index contributed by atoms with van der Waals surface area (Å²) in [6.07, 6.45) is 0. The molecule has 1 rings (SSSR count). The van der Waals surface area contributed by atoms with Gasteiger partial charge in [-0.15, -0.1) is 11.3 Å². The van der Waals surface area contributed by atoms with Gasteiger partial charge in [-0.2, -0.15) is 5.26 Å². The number of thiophene rings is 1. The molecule has 0 aliphatic rings. The SMILES string of the molecule is COC(=O)/C(C#N)=C(\C)c1cc(C(=O)OC)c(I)s1. The molecule has 0 atom stereocenters. The molecule has 7 heteroatoms. The monoisotopic (exact) mass is 391 g/mol. The van der Waals surface area contributed by atoms with Gasteiger partial charge in [-0.25, -0.2) is 9.59 Å². The lowest BCUT2D eigenvalue weighted by Gasteiger charge is -2.01. The highest BCUT2D eigenvalue weighted by Gasteiger charge is 2.19. The van der Waals surface area contributed by atoms with E-state index in [2.05, 4.69) is 9.47 Å². The van der Waals surface area contributed by atoms with Crippen LogP contribution in [0, 0.1) is 14.2 Å². The van der Waals surface area contributed by atoms with E-state index < -0.39 is 11.9 Å².